The van der Waals surface area contributed by atoms with Crippen LogP contribution in [0.25, 0.3) is 10.9 Å². The lowest BCUT2D eigenvalue weighted by Gasteiger charge is -2.22. The van der Waals surface area contributed by atoms with Crippen LogP contribution >= 0.6 is 11.6 Å². The molecule has 0 aliphatic carbocycles. The molecule has 1 amide bonds. The first-order valence-electron chi connectivity index (χ1n) is 8.31. The monoisotopic (exact) mass is 407 g/mol. The lowest BCUT2D eigenvalue weighted by molar-refractivity contribution is 0.0675. The standard InChI is InChI=1S/C19H16ClF2N3O3/c1-28-7-6-25(19(27)12-8-14(21)15(22)9-13(12)20)10-17-23-16-5-3-2-4-11(16)18(26)24-17/h2-5,8-9H,6-7,10H2,1H3,(H,23,24,26). The minimum Gasteiger partial charge on any atom is -0.383 e. The molecule has 0 atom stereocenters. The van der Waals surface area contributed by atoms with Crippen molar-refractivity contribution in [2.24, 2.45) is 0 Å². The molecule has 0 bridgehead atoms. The molecule has 1 heterocycles. The van der Waals surface area contributed by atoms with Gasteiger partial charge in [0.2, 0.25) is 0 Å². The van der Waals surface area contributed by atoms with Crippen molar-refractivity contribution in [2.75, 3.05) is 20.3 Å². The minimum atomic E-state index is -1.18. The van der Waals surface area contributed by atoms with E-state index in [1.165, 1.54) is 12.0 Å². The summed E-state index contributed by atoms with van der Waals surface area (Å²) in [5.74, 6) is -2.73. The van der Waals surface area contributed by atoms with Gasteiger partial charge in [-0.2, -0.15) is 0 Å². The molecule has 0 aliphatic heterocycles. The number of H-pyrrole nitrogens is 1. The number of halogens is 3. The summed E-state index contributed by atoms with van der Waals surface area (Å²) in [4.78, 5) is 33.4. The molecule has 0 saturated heterocycles. The molecule has 0 saturated carbocycles. The fourth-order valence-corrected chi connectivity index (χ4v) is 2.93. The number of aromatic nitrogens is 2. The molecule has 3 aromatic rings. The maximum absolute atomic E-state index is 13.6. The number of rotatable bonds is 6. The molecule has 0 radical (unpaired) electrons. The molecule has 9 heteroatoms. The number of amides is 1. The van der Waals surface area contributed by atoms with Crippen LogP contribution in [0.4, 0.5) is 8.78 Å². The van der Waals surface area contributed by atoms with Gasteiger partial charge >= 0.3 is 0 Å². The molecule has 28 heavy (non-hydrogen) atoms. The van der Waals surface area contributed by atoms with E-state index in [0.29, 0.717) is 10.9 Å². The van der Waals surface area contributed by atoms with E-state index in [4.69, 9.17) is 16.3 Å². The van der Waals surface area contributed by atoms with Crippen molar-refractivity contribution in [1.82, 2.24) is 14.9 Å². The quantitative estimate of drug-likeness (QED) is 0.637. The lowest BCUT2D eigenvalue weighted by Crippen LogP contribution is -2.35. The highest BCUT2D eigenvalue weighted by Gasteiger charge is 2.22. The molecule has 3 rings (SSSR count). The molecule has 1 N–H and O–H groups in total. The van der Waals surface area contributed by atoms with Gasteiger partial charge in [0.1, 0.15) is 5.82 Å². The number of hydrogen-bond acceptors (Lipinski definition) is 4. The third kappa shape index (κ3) is 4.18. The Morgan fingerprint density at radius 2 is 1.96 bits per heavy atom. The Kier molecular flexibility index (Phi) is 6.01. The maximum atomic E-state index is 13.6. The molecule has 0 unspecified atom stereocenters. The fourth-order valence-electron chi connectivity index (χ4n) is 2.70. The van der Waals surface area contributed by atoms with Gasteiger partial charge in [0.05, 0.1) is 34.6 Å². The van der Waals surface area contributed by atoms with Crippen LogP contribution in [0.2, 0.25) is 5.02 Å². The number of nitrogens with zero attached hydrogens (tertiary/aromatic N) is 2. The third-order valence-corrected chi connectivity index (χ3v) is 4.41. The van der Waals surface area contributed by atoms with Crippen molar-refractivity contribution in [2.45, 2.75) is 6.54 Å². The van der Waals surface area contributed by atoms with E-state index in [2.05, 4.69) is 9.97 Å². The molecule has 0 aliphatic rings. The van der Waals surface area contributed by atoms with Crippen LogP contribution in [0.5, 0.6) is 0 Å². The van der Waals surface area contributed by atoms with Gasteiger partial charge in [0.15, 0.2) is 11.6 Å². The van der Waals surface area contributed by atoms with Crippen LogP contribution < -0.4 is 5.56 Å². The van der Waals surface area contributed by atoms with Crippen LogP contribution in [-0.4, -0.2) is 41.0 Å². The summed E-state index contributed by atoms with van der Waals surface area (Å²) in [5.41, 5.74) is -0.0587. The Bertz CT molecular complexity index is 1090. The Balaban J connectivity index is 1.96. The van der Waals surface area contributed by atoms with Gasteiger partial charge < -0.3 is 14.6 Å². The highest BCUT2D eigenvalue weighted by atomic mass is 35.5. The van der Waals surface area contributed by atoms with Crippen molar-refractivity contribution >= 4 is 28.4 Å². The predicted octanol–water partition coefficient (Wildman–Crippen LogP) is 3.14. The summed E-state index contributed by atoms with van der Waals surface area (Å²) in [7, 11) is 1.46. The number of nitrogens with one attached hydrogen (secondary N) is 1. The van der Waals surface area contributed by atoms with E-state index < -0.39 is 17.5 Å². The zero-order chi connectivity index (χ0) is 20.3. The van der Waals surface area contributed by atoms with Crippen molar-refractivity contribution in [1.29, 1.82) is 0 Å². The number of hydrogen-bond donors (Lipinski definition) is 1. The molecular formula is C19H16ClF2N3O3. The van der Waals surface area contributed by atoms with Gasteiger partial charge in [-0.25, -0.2) is 13.8 Å². The molecule has 0 spiro atoms. The van der Waals surface area contributed by atoms with Crippen LogP contribution in [0.1, 0.15) is 16.2 Å². The van der Waals surface area contributed by atoms with Gasteiger partial charge in [0, 0.05) is 13.7 Å². The zero-order valence-corrected chi connectivity index (χ0v) is 15.6. The van der Waals surface area contributed by atoms with Gasteiger partial charge in [0.25, 0.3) is 11.5 Å². The zero-order valence-electron chi connectivity index (χ0n) is 14.8. The van der Waals surface area contributed by atoms with E-state index in [-0.39, 0.29) is 41.7 Å². The first kappa shape index (κ1) is 19.9. The SMILES string of the molecule is COCCN(Cc1nc2ccccc2c(=O)[nH]1)C(=O)c1cc(F)c(F)cc1Cl. The average molecular weight is 408 g/mol. The number of methoxy groups -OCH3 is 1. The van der Waals surface area contributed by atoms with E-state index in [1.54, 1.807) is 24.3 Å². The number of ether oxygens (including phenoxy) is 1. The first-order chi connectivity index (χ1) is 13.4. The van der Waals surface area contributed by atoms with Crippen LogP contribution in [0, 0.1) is 11.6 Å². The molecule has 0 fully saturated rings. The normalized spacial score (nSPS) is 11.0. The second-order valence-corrected chi connectivity index (χ2v) is 6.40. The summed E-state index contributed by atoms with van der Waals surface area (Å²) < 4.78 is 31.9. The second-order valence-electron chi connectivity index (χ2n) is 6.00. The number of carbonyl (C=O) groups is 1. The summed E-state index contributed by atoms with van der Waals surface area (Å²) in [6.45, 7) is 0.240. The summed E-state index contributed by atoms with van der Waals surface area (Å²) in [5, 5.41) is 0.205. The molecule has 6 nitrogen and oxygen atoms in total. The molecular weight excluding hydrogens is 392 g/mol. The smallest absolute Gasteiger partial charge is 0.258 e. The number of aromatic amines is 1. The molecule has 1 aromatic heterocycles. The number of fused-ring (bicyclic) bond motifs is 1. The van der Waals surface area contributed by atoms with Crippen molar-refractivity contribution in [3.63, 3.8) is 0 Å². The summed E-state index contributed by atoms with van der Waals surface area (Å²) >= 11 is 5.92. The summed E-state index contributed by atoms with van der Waals surface area (Å²) in [6.07, 6.45) is 0. The minimum absolute atomic E-state index is 0.0718. The van der Waals surface area contributed by atoms with Gasteiger partial charge in [-0.05, 0) is 24.3 Å². The van der Waals surface area contributed by atoms with Crippen LogP contribution in [0.15, 0.2) is 41.2 Å². The van der Waals surface area contributed by atoms with Crippen molar-refractivity contribution < 1.29 is 18.3 Å². The highest BCUT2D eigenvalue weighted by molar-refractivity contribution is 6.33. The Morgan fingerprint density at radius 3 is 2.71 bits per heavy atom. The number of benzene rings is 2. The van der Waals surface area contributed by atoms with Gasteiger partial charge in [-0.1, -0.05) is 23.7 Å². The largest absolute Gasteiger partial charge is 0.383 e. The van der Waals surface area contributed by atoms with E-state index in [1.807, 2.05) is 0 Å². The maximum Gasteiger partial charge on any atom is 0.258 e. The van der Waals surface area contributed by atoms with Crippen molar-refractivity contribution in [3.8, 4) is 0 Å². The predicted molar refractivity (Wildman–Crippen MR) is 100 cm³/mol. The lowest BCUT2D eigenvalue weighted by atomic mass is 10.1. The molecule has 146 valence electrons. The van der Waals surface area contributed by atoms with E-state index >= 15 is 0 Å². The Morgan fingerprint density at radius 1 is 1.25 bits per heavy atom. The van der Waals surface area contributed by atoms with E-state index in [0.717, 1.165) is 12.1 Å². The molecule has 2 aromatic carbocycles. The highest BCUT2D eigenvalue weighted by Crippen LogP contribution is 2.22. The topological polar surface area (TPSA) is 75.3 Å². The second kappa shape index (κ2) is 8.45. The average Bonchev–Trinajstić information content (AvgIpc) is 2.67. The van der Waals surface area contributed by atoms with Gasteiger partial charge in [-0.15, -0.1) is 0 Å². The van der Waals surface area contributed by atoms with Crippen LogP contribution in [-0.2, 0) is 11.3 Å². The third-order valence-electron chi connectivity index (χ3n) is 4.10. The van der Waals surface area contributed by atoms with Gasteiger partial charge in [-0.3, -0.25) is 9.59 Å². The van der Waals surface area contributed by atoms with Crippen molar-refractivity contribution in [3.05, 3.63) is 74.8 Å². The van der Waals surface area contributed by atoms with Crippen LogP contribution in [0.3, 0.4) is 0 Å². The summed E-state index contributed by atoms with van der Waals surface area (Å²) in [6, 6.07) is 8.28. The Labute approximate surface area is 163 Å². The number of para-hydroxylation sites is 1. The Hall–Kier alpha value is -2.84. The van der Waals surface area contributed by atoms with E-state index in [9.17, 15) is 18.4 Å². The fraction of sp³-hybridized carbons (Fsp3) is 0.211. The number of carbonyl (C=O) groups excluding carboxylic acids is 1. The first-order valence-corrected chi connectivity index (χ1v) is 8.69.